The van der Waals surface area contributed by atoms with E-state index < -0.39 is 5.91 Å². The number of nitrogens with two attached hydrogens (primary N) is 1. The zero-order chi connectivity index (χ0) is 26.1. The Balaban J connectivity index is 1.47. The minimum absolute atomic E-state index is 0.0673. The lowest BCUT2D eigenvalue weighted by Gasteiger charge is -2.19. The third-order valence-corrected chi connectivity index (χ3v) is 6.24. The van der Waals surface area contributed by atoms with E-state index in [9.17, 15) is 19.8 Å². The van der Waals surface area contributed by atoms with Gasteiger partial charge >= 0.3 is 0 Å². The number of primary amides is 1. The van der Waals surface area contributed by atoms with E-state index in [4.69, 9.17) is 5.73 Å². The molecule has 0 bridgehead atoms. The Morgan fingerprint density at radius 1 is 0.944 bits per heavy atom. The lowest BCUT2D eigenvalue weighted by molar-refractivity contribution is -0.120. The van der Waals surface area contributed by atoms with E-state index in [1.807, 2.05) is 24.3 Å². The van der Waals surface area contributed by atoms with Gasteiger partial charge in [0.1, 0.15) is 5.75 Å². The predicted molar refractivity (Wildman–Crippen MR) is 141 cm³/mol. The van der Waals surface area contributed by atoms with Gasteiger partial charge in [-0.3, -0.25) is 9.59 Å². The van der Waals surface area contributed by atoms with Crippen LogP contribution in [0.5, 0.6) is 5.75 Å². The lowest BCUT2D eigenvalue weighted by Crippen LogP contribution is -2.31. The van der Waals surface area contributed by atoms with Crippen molar-refractivity contribution in [2.45, 2.75) is 51.8 Å². The molecule has 36 heavy (non-hydrogen) atoms. The van der Waals surface area contributed by atoms with E-state index in [2.05, 4.69) is 36.6 Å². The molecule has 0 aliphatic carbocycles. The van der Waals surface area contributed by atoms with Gasteiger partial charge < -0.3 is 26.6 Å². The maximum Gasteiger partial charge on any atom is 0.248 e. The van der Waals surface area contributed by atoms with Crippen LogP contribution in [-0.2, 0) is 30.8 Å². The number of hydrogen-bond donors (Lipinski definition) is 5. The highest BCUT2D eigenvalue weighted by molar-refractivity contribution is 5.92. The third kappa shape index (κ3) is 7.93. The molecule has 0 aliphatic heterocycles. The van der Waals surface area contributed by atoms with Crippen molar-refractivity contribution >= 4 is 11.8 Å². The van der Waals surface area contributed by atoms with E-state index >= 15 is 0 Å². The number of carbonyl (C=O) groups is 2. The SMILES string of the molecule is CC(CN[C@H](C)Cc1cccc(CC(=O)NCc2ccc(C(N)=O)cc2)c1)c1ccc(O)c(CO)c1. The van der Waals surface area contributed by atoms with Gasteiger partial charge in [-0.05, 0) is 65.8 Å². The van der Waals surface area contributed by atoms with Crippen molar-refractivity contribution in [3.8, 4) is 5.75 Å². The Kier molecular flexibility index (Phi) is 9.61. The number of rotatable bonds is 12. The van der Waals surface area contributed by atoms with Crippen molar-refractivity contribution in [2.24, 2.45) is 5.73 Å². The third-order valence-electron chi connectivity index (χ3n) is 6.24. The van der Waals surface area contributed by atoms with Gasteiger partial charge in [-0.1, -0.05) is 49.4 Å². The first-order valence-corrected chi connectivity index (χ1v) is 12.1. The van der Waals surface area contributed by atoms with Gasteiger partial charge in [0.2, 0.25) is 11.8 Å². The summed E-state index contributed by atoms with van der Waals surface area (Å²) in [5, 5.41) is 25.6. The number of benzene rings is 3. The minimum Gasteiger partial charge on any atom is -0.508 e. The molecule has 190 valence electrons. The second-order valence-electron chi connectivity index (χ2n) is 9.30. The van der Waals surface area contributed by atoms with Gasteiger partial charge in [0, 0.05) is 30.3 Å². The van der Waals surface area contributed by atoms with Crippen molar-refractivity contribution < 1.29 is 19.8 Å². The molecule has 3 rings (SSSR count). The molecule has 3 aromatic carbocycles. The highest BCUT2D eigenvalue weighted by Gasteiger charge is 2.12. The first kappa shape index (κ1) is 26.9. The number of amides is 2. The highest BCUT2D eigenvalue weighted by atomic mass is 16.3. The molecule has 0 saturated carbocycles. The fourth-order valence-electron chi connectivity index (χ4n) is 4.06. The summed E-state index contributed by atoms with van der Waals surface area (Å²) >= 11 is 0. The van der Waals surface area contributed by atoms with Crippen LogP contribution < -0.4 is 16.4 Å². The molecule has 0 aliphatic rings. The molecule has 6 N–H and O–H groups in total. The summed E-state index contributed by atoms with van der Waals surface area (Å²) in [5.74, 6) is -0.205. The molecule has 2 atom stereocenters. The first-order valence-electron chi connectivity index (χ1n) is 12.1. The Morgan fingerprint density at radius 3 is 2.36 bits per heavy atom. The molecule has 0 aromatic heterocycles. The van der Waals surface area contributed by atoms with Crippen LogP contribution in [0, 0.1) is 0 Å². The largest absolute Gasteiger partial charge is 0.508 e. The molecular formula is C29H35N3O4. The Morgan fingerprint density at radius 2 is 1.67 bits per heavy atom. The molecule has 7 nitrogen and oxygen atoms in total. The molecule has 0 spiro atoms. The fourth-order valence-corrected chi connectivity index (χ4v) is 4.06. The second-order valence-corrected chi connectivity index (χ2v) is 9.30. The summed E-state index contributed by atoms with van der Waals surface area (Å²) in [7, 11) is 0. The number of hydrogen-bond acceptors (Lipinski definition) is 5. The second kappa shape index (κ2) is 12.9. The summed E-state index contributed by atoms with van der Waals surface area (Å²) in [6, 6.07) is 20.5. The van der Waals surface area contributed by atoms with Crippen molar-refractivity contribution in [1.82, 2.24) is 10.6 Å². The summed E-state index contributed by atoms with van der Waals surface area (Å²) in [6.07, 6.45) is 1.12. The molecule has 1 unspecified atom stereocenters. The molecule has 3 aromatic rings. The number of phenols is 1. The lowest BCUT2D eigenvalue weighted by atomic mass is 9.97. The van der Waals surface area contributed by atoms with Crippen LogP contribution in [0.15, 0.2) is 66.7 Å². The smallest absolute Gasteiger partial charge is 0.248 e. The predicted octanol–water partition coefficient (Wildman–Crippen LogP) is 3.17. The Bertz CT molecular complexity index is 1180. The minimum atomic E-state index is -0.474. The normalized spacial score (nSPS) is 12.6. The topological polar surface area (TPSA) is 125 Å². The maximum atomic E-state index is 12.4. The van der Waals surface area contributed by atoms with Crippen LogP contribution in [0.2, 0.25) is 0 Å². The molecule has 7 heteroatoms. The average Bonchev–Trinajstić information content (AvgIpc) is 2.86. The summed E-state index contributed by atoms with van der Waals surface area (Å²) in [5.41, 5.74) is 10.3. The molecular weight excluding hydrogens is 454 g/mol. The number of aliphatic hydroxyl groups is 1. The van der Waals surface area contributed by atoms with Crippen molar-refractivity contribution in [3.05, 3.63) is 100 Å². The van der Waals surface area contributed by atoms with Crippen LogP contribution in [0.25, 0.3) is 0 Å². The van der Waals surface area contributed by atoms with Crippen LogP contribution >= 0.6 is 0 Å². The zero-order valence-corrected chi connectivity index (χ0v) is 20.8. The summed E-state index contributed by atoms with van der Waals surface area (Å²) in [6.45, 7) is 5.20. The monoisotopic (exact) mass is 489 g/mol. The van der Waals surface area contributed by atoms with Gasteiger partial charge in [0.15, 0.2) is 0 Å². The van der Waals surface area contributed by atoms with Gasteiger partial charge in [0.05, 0.1) is 13.0 Å². The van der Waals surface area contributed by atoms with Gasteiger partial charge in [-0.2, -0.15) is 0 Å². The number of aromatic hydroxyl groups is 1. The zero-order valence-electron chi connectivity index (χ0n) is 20.8. The molecule has 0 fully saturated rings. The molecule has 2 amide bonds. The van der Waals surface area contributed by atoms with E-state index in [1.165, 1.54) is 0 Å². The summed E-state index contributed by atoms with van der Waals surface area (Å²) < 4.78 is 0. The van der Waals surface area contributed by atoms with Crippen molar-refractivity contribution in [2.75, 3.05) is 6.54 Å². The molecule has 0 heterocycles. The van der Waals surface area contributed by atoms with E-state index in [1.54, 1.807) is 30.3 Å². The average molecular weight is 490 g/mol. The number of carbonyl (C=O) groups excluding carboxylic acids is 2. The molecule has 0 saturated heterocycles. The van der Waals surface area contributed by atoms with Crippen LogP contribution in [0.1, 0.15) is 57.9 Å². The van der Waals surface area contributed by atoms with Crippen molar-refractivity contribution in [1.29, 1.82) is 0 Å². The number of aliphatic hydroxyl groups excluding tert-OH is 1. The first-order chi connectivity index (χ1) is 17.2. The Labute approximate surface area is 212 Å². The van der Waals surface area contributed by atoms with Gasteiger partial charge in [0.25, 0.3) is 0 Å². The van der Waals surface area contributed by atoms with E-state index in [0.717, 1.165) is 35.2 Å². The summed E-state index contributed by atoms with van der Waals surface area (Å²) in [4.78, 5) is 23.6. The standard InChI is InChI=1S/C29H35N3O4/c1-19(25-10-11-27(34)26(15-25)18-33)16-31-20(2)12-22-4-3-5-23(13-22)14-28(35)32-17-21-6-8-24(9-7-21)29(30)36/h3-11,13,15,19-20,31,33-34H,12,14,16-18H2,1-2H3,(H2,30,36)(H,32,35)/t19?,20-/m1/s1. The van der Waals surface area contributed by atoms with Crippen LogP contribution in [-0.4, -0.2) is 34.6 Å². The van der Waals surface area contributed by atoms with Crippen LogP contribution in [0.3, 0.4) is 0 Å². The number of nitrogens with one attached hydrogen (secondary N) is 2. The van der Waals surface area contributed by atoms with Gasteiger partial charge in [-0.25, -0.2) is 0 Å². The maximum absolute atomic E-state index is 12.4. The fraction of sp³-hybridized carbons (Fsp3) is 0.310. The quantitative estimate of drug-likeness (QED) is 0.267. The van der Waals surface area contributed by atoms with E-state index in [0.29, 0.717) is 24.1 Å². The van der Waals surface area contributed by atoms with Gasteiger partial charge in [-0.15, -0.1) is 0 Å². The highest BCUT2D eigenvalue weighted by Crippen LogP contribution is 2.23. The van der Waals surface area contributed by atoms with Crippen molar-refractivity contribution in [3.63, 3.8) is 0 Å². The van der Waals surface area contributed by atoms with Crippen LogP contribution in [0.4, 0.5) is 0 Å². The van der Waals surface area contributed by atoms with E-state index in [-0.39, 0.29) is 30.2 Å². The Hall–Kier alpha value is -3.68. The molecule has 0 radical (unpaired) electrons.